The van der Waals surface area contributed by atoms with E-state index in [1.54, 1.807) is 18.2 Å². The molecule has 0 bridgehead atoms. The highest BCUT2D eigenvalue weighted by molar-refractivity contribution is 5.90. The molecule has 0 heterocycles. The monoisotopic (exact) mass is 385 g/mol. The van der Waals surface area contributed by atoms with Gasteiger partial charge in [-0.15, -0.1) is 0 Å². The van der Waals surface area contributed by atoms with Gasteiger partial charge in [-0.2, -0.15) is 0 Å². The number of anilines is 1. The van der Waals surface area contributed by atoms with Crippen molar-refractivity contribution in [3.05, 3.63) is 84.2 Å². The Morgan fingerprint density at radius 2 is 1.57 bits per heavy atom. The molecule has 0 aliphatic carbocycles. The SMILES string of the molecule is O=C(CCC(F)(F)c1ccc(-c2ccccc2F)cc1)Nc1ccc(O)cc1. The summed E-state index contributed by atoms with van der Waals surface area (Å²) in [4.78, 5) is 11.9. The standard InChI is InChI=1S/C22H18F3NO2/c23-20-4-2-1-3-19(20)15-5-7-16(8-6-15)22(24,25)14-13-21(28)26-17-9-11-18(27)12-10-17/h1-12,27H,13-14H2,(H,26,28). The van der Waals surface area contributed by atoms with Crippen molar-refractivity contribution in [2.75, 3.05) is 5.32 Å². The molecule has 3 aromatic rings. The minimum absolute atomic E-state index is 0.0448. The number of phenols is 1. The molecule has 6 heteroatoms. The van der Waals surface area contributed by atoms with E-state index < -0.39 is 24.1 Å². The maximum atomic E-state index is 14.4. The molecule has 0 aromatic heterocycles. The number of alkyl halides is 2. The highest BCUT2D eigenvalue weighted by Gasteiger charge is 2.32. The highest BCUT2D eigenvalue weighted by Crippen LogP contribution is 2.34. The zero-order valence-electron chi connectivity index (χ0n) is 14.8. The number of rotatable bonds is 6. The Balaban J connectivity index is 1.63. The van der Waals surface area contributed by atoms with Crippen LogP contribution in [-0.4, -0.2) is 11.0 Å². The molecule has 144 valence electrons. The van der Waals surface area contributed by atoms with Crippen molar-refractivity contribution in [1.82, 2.24) is 0 Å². The van der Waals surface area contributed by atoms with Crippen molar-refractivity contribution in [1.29, 1.82) is 0 Å². The molecule has 3 rings (SSSR count). The van der Waals surface area contributed by atoms with E-state index in [4.69, 9.17) is 0 Å². The first-order chi connectivity index (χ1) is 13.3. The summed E-state index contributed by atoms with van der Waals surface area (Å²) in [5.41, 5.74) is 1.03. The zero-order chi connectivity index (χ0) is 20.1. The third-order valence-electron chi connectivity index (χ3n) is 4.31. The molecule has 2 N–H and O–H groups in total. The lowest BCUT2D eigenvalue weighted by Gasteiger charge is -2.17. The van der Waals surface area contributed by atoms with Gasteiger partial charge in [0.1, 0.15) is 11.6 Å². The van der Waals surface area contributed by atoms with Gasteiger partial charge in [0, 0.05) is 29.7 Å². The van der Waals surface area contributed by atoms with Gasteiger partial charge in [-0.05, 0) is 35.9 Å². The third-order valence-corrected chi connectivity index (χ3v) is 4.31. The van der Waals surface area contributed by atoms with E-state index in [0.29, 0.717) is 16.8 Å². The second-order valence-corrected chi connectivity index (χ2v) is 6.36. The van der Waals surface area contributed by atoms with Gasteiger partial charge in [0.05, 0.1) is 0 Å². The van der Waals surface area contributed by atoms with Gasteiger partial charge < -0.3 is 10.4 Å². The molecule has 0 unspecified atom stereocenters. The Labute approximate surface area is 160 Å². The first-order valence-electron chi connectivity index (χ1n) is 8.67. The van der Waals surface area contributed by atoms with Crippen molar-refractivity contribution in [3.63, 3.8) is 0 Å². The van der Waals surface area contributed by atoms with Crippen LogP contribution >= 0.6 is 0 Å². The molecular formula is C22H18F3NO2. The highest BCUT2D eigenvalue weighted by atomic mass is 19.3. The fourth-order valence-electron chi connectivity index (χ4n) is 2.77. The molecule has 0 radical (unpaired) electrons. The number of halogens is 3. The Morgan fingerprint density at radius 3 is 2.21 bits per heavy atom. The average molecular weight is 385 g/mol. The minimum Gasteiger partial charge on any atom is -0.508 e. The molecule has 0 spiro atoms. The quantitative estimate of drug-likeness (QED) is 0.534. The second kappa shape index (κ2) is 8.17. The number of benzene rings is 3. The zero-order valence-corrected chi connectivity index (χ0v) is 14.8. The van der Waals surface area contributed by atoms with Gasteiger partial charge in [0.2, 0.25) is 5.91 Å². The Morgan fingerprint density at radius 1 is 0.929 bits per heavy atom. The van der Waals surface area contributed by atoms with Crippen molar-refractivity contribution in [3.8, 4) is 16.9 Å². The molecule has 0 saturated heterocycles. The van der Waals surface area contributed by atoms with E-state index in [1.807, 2.05) is 0 Å². The van der Waals surface area contributed by atoms with Crippen LogP contribution in [0.3, 0.4) is 0 Å². The van der Waals surface area contributed by atoms with Crippen LogP contribution in [0.25, 0.3) is 11.1 Å². The lowest BCUT2D eigenvalue weighted by molar-refractivity contribution is -0.118. The van der Waals surface area contributed by atoms with Crippen molar-refractivity contribution in [2.45, 2.75) is 18.8 Å². The van der Waals surface area contributed by atoms with Crippen LogP contribution in [0.15, 0.2) is 72.8 Å². The van der Waals surface area contributed by atoms with Gasteiger partial charge in [0.15, 0.2) is 0 Å². The number of hydrogen-bond acceptors (Lipinski definition) is 2. The van der Waals surface area contributed by atoms with Crippen molar-refractivity contribution in [2.24, 2.45) is 0 Å². The number of phenolic OH excluding ortho intramolecular Hbond substituents is 1. The maximum absolute atomic E-state index is 14.4. The van der Waals surface area contributed by atoms with Gasteiger partial charge in [-0.25, -0.2) is 13.2 Å². The molecule has 3 aromatic carbocycles. The van der Waals surface area contributed by atoms with E-state index in [2.05, 4.69) is 5.32 Å². The normalized spacial score (nSPS) is 11.2. The van der Waals surface area contributed by atoms with Gasteiger partial charge in [-0.3, -0.25) is 4.79 Å². The summed E-state index contributed by atoms with van der Waals surface area (Å²) in [6.45, 7) is 0. The Bertz CT molecular complexity index is 954. The molecule has 1 amide bonds. The summed E-state index contributed by atoms with van der Waals surface area (Å²) in [7, 11) is 0. The van der Waals surface area contributed by atoms with Crippen molar-refractivity contribution < 1.29 is 23.1 Å². The molecule has 0 aliphatic rings. The number of aromatic hydroxyl groups is 1. The maximum Gasteiger partial charge on any atom is 0.273 e. The largest absolute Gasteiger partial charge is 0.508 e. The smallest absolute Gasteiger partial charge is 0.273 e. The molecule has 0 fully saturated rings. The van der Waals surface area contributed by atoms with Crippen LogP contribution in [0.2, 0.25) is 0 Å². The van der Waals surface area contributed by atoms with Crippen LogP contribution < -0.4 is 5.32 Å². The third kappa shape index (κ3) is 4.71. The summed E-state index contributed by atoms with van der Waals surface area (Å²) < 4.78 is 42.7. The fourth-order valence-corrected chi connectivity index (χ4v) is 2.77. The first-order valence-corrected chi connectivity index (χ1v) is 8.67. The molecule has 0 atom stereocenters. The summed E-state index contributed by atoms with van der Waals surface area (Å²) in [5.74, 6) is -4.12. The summed E-state index contributed by atoms with van der Waals surface area (Å²) in [5, 5.41) is 11.7. The minimum atomic E-state index is -3.19. The van der Waals surface area contributed by atoms with E-state index in [-0.39, 0.29) is 17.7 Å². The predicted octanol–water partition coefficient (Wildman–Crippen LogP) is 5.71. The van der Waals surface area contributed by atoms with E-state index in [9.17, 15) is 23.1 Å². The fraction of sp³-hybridized carbons (Fsp3) is 0.136. The second-order valence-electron chi connectivity index (χ2n) is 6.36. The number of hydrogen-bond donors (Lipinski definition) is 2. The Kier molecular flexibility index (Phi) is 5.68. The van der Waals surface area contributed by atoms with Gasteiger partial charge in [0.25, 0.3) is 5.92 Å². The molecule has 3 nitrogen and oxygen atoms in total. The van der Waals surface area contributed by atoms with Crippen LogP contribution in [0.4, 0.5) is 18.9 Å². The lowest BCUT2D eigenvalue weighted by Crippen LogP contribution is -2.19. The first kappa shape index (κ1) is 19.5. The van der Waals surface area contributed by atoms with E-state index in [0.717, 1.165) is 0 Å². The van der Waals surface area contributed by atoms with Crippen LogP contribution in [0.1, 0.15) is 18.4 Å². The van der Waals surface area contributed by atoms with E-state index >= 15 is 0 Å². The molecular weight excluding hydrogens is 367 g/mol. The Hall–Kier alpha value is -3.28. The van der Waals surface area contributed by atoms with Crippen LogP contribution in [0.5, 0.6) is 5.75 Å². The van der Waals surface area contributed by atoms with Crippen LogP contribution in [0, 0.1) is 5.82 Å². The van der Waals surface area contributed by atoms with Crippen molar-refractivity contribution >= 4 is 11.6 Å². The number of amides is 1. The van der Waals surface area contributed by atoms with Gasteiger partial charge in [-0.1, -0.05) is 42.5 Å². The average Bonchev–Trinajstić information content (AvgIpc) is 2.69. The predicted molar refractivity (Wildman–Crippen MR) is 102 cm³/mol. The summed E-state index contributed by atoms with van der Waals surface area (Å²) in [6.07, 6.45) is -1.03. The molecule has 28 heavy (non-hydrogen) atoms. The topological polar surface area (TPSA) is 49.3 Å². The van der Waals surface area contributed by atoms with E-state index in [1.165, 1.54) is 54.6 Å². The number of carbonyl (C=O) groups is 1. The molecule has 0 saturated carbocycles. The number of nitrogens with one attached hydrogen (secondary N) is 1. The van der Waals surface area contributed by atoms with Gasteiger partial charge >= 0.3 is 0 Å². The molecule has 0 aliphatic heterocycles. The lowest BCUT2D eigenvalue weighted by atomic mass is 9.99. The summed E-state index contributed by atoms with van der Waals surface area (Å²) >= 11 is 0. The summed E-state index contributed by atoms with van der Waals surface area (Å²) in [6, 6.07) is 17.2. The number of carbonyl (C=O) groups excluding carboxylic acids is 1. The van der Waals surface area contributed by atoms with Crippen LogP contribution in [-0.2, 0) is 10.7 Å².